The van der Waals surface area contributed by atoms with Crippen LogP contribution in [0.1, 0.15) is 53.9 Å². The molecule has 0 aromatic heterocycles. The summed E-state index contributed by atoms with van der Waals surface area (Å²) in [5.41, 5.74) is 1.87. The highest BCUT2D eigenvalue weighted by Crippen LogP contribution is 2.31. The molecule has 0 amide bonds. The first kappa shape index (κ1) is 11.7. The van der Waals surface area contributed by atoms with Gasteiger partial charge in [-0.2, -0.15) is 0 Å². The summed E-state index contributed by atoms with van der Waals surface area (Å²) < 4.78 is 0. The molecule has 0 heteroatoms. The molecule has 0 saturated carbocycles. The average Bonchev–Trinajstić information content (AvgIpc) is 2.02. The van der Waals surface area contributed by atoms with Crippen molar-refractivity contribution in [3.8, 4) is 0 Å². The predicted octanol–water partition coefficient (Wildman–Crippen LogP) is 4.42. The highest BCUT2D eigenvalue weighted by molar-refractivity contribution is 5.01. The van der Waals surface area contributed by atoms with E-state index in [0.717, 1.165) is 0 Å². The van der Waals surface area contributed by atoms with Crippen LogP contribution in [0.3, 0.4) is 0 Å². The van der Waals surface area contributed by atoms with E-state index < -0.39 is 0 Å². The van der Waals surface area contributed by atoms with Crippen molar-refractivity contribution in [3.63, 3.8) is 0 Å². The summed E-state index contributed by atoms with van der Waals surface area (Å²) >= 11 is 0. The molecule has 0 aliphatic carbocycles. The minimum atomic E-state index is 0.445. The lowest BCUT2D eigenvalue weighted by Crippen LogP contribution is -2.13. The molecular formula is C12H24. The number of rotatable bonds is 5. The highest BCUT2D eigenvalue weighted by atomic mass is 14.2. The fourth-order valence-electron chi connectivity index (χ4n) is 1.20. The zero-order valence-corrected chi connectivity index (χ0v) is 9.41. The van der Waals surface area contributed by atoms with Gasteiger partial charge >= 0.3 is 0 Å². The van der Waals surface area contributed by atoms with Gasteiger partial charge in [0.1, 0.15) is 0 Å². The topological polar surface area (TPSA) is 0 Å². The van der Waals surface area contributed by atoms with Gasteiger partial charge in [-0.05, 0) is 24.2 Å². The summed E-state index contributed by atoms with van der Waals surface area (Å²) in [6.07, 6.45) is 3.64. The first-order valence-corrected chi connectivity index (χ1v) is 5.10. The van der Waals surface area contributed by atoms with Crippen molar-refractivity contribution in [2.24, 2.45) is 11.3 Å². The van der Waals surface area contributed by atoms with Crippen molar-refractivity contribution in [2.75, 3.05) is 0 Å². The minimum Gasteiger partial charge on any atom is -0.0996 e. The third-order valence-electron chi connectivity index (χ3n) is 2.97. The SMILES string of the molecule is C=C(CC(C)(C)CC)C(C)CC. The van der Waals surface area contributed by atoms with Crippen LogP contribution in [-0.4, -0.2) is 0 Å². The van der Waals surface area contributed by atoms with Crippen molar-refractivity contribution < 1.29 is 0 Å². The van der Waals surface area contributed by atoms with Gasteiger partial charge in [-0.3, -0.25) is 0 Å². The van der Waals surface area contributed by atoms with Crippen LogP contribution in [0.2, 0.25) is 0 Å². The van der Waals surface area contributed by atoms with Crippen molar-refractivity contribution in [3.05, 3.63) is 12.2 Å². The molecule has 0 aliphatic rings. The lowest BCUT2D eigenvalue weighted by molar-refractivity contribution is 0.335. The van der Waals surface area contributed by atoms with Gasteiger partial charge < -0.3 is 0 Å². The van der Waals surface area contributed by atoms with E-state index in [2.05, 4.69) is 41.2 Å². The lowest BCUT2D eigenvalue weighted by Gasteiger charge is -2.26. The lowest BCUT2D eigenvalue weighted by atomic mass is 9.80. The molecule has 0 nitrogen and oxygen atoms in total. The summed E-state index contributed by atoms with van der Waals surface area (Å²) in [7, 11) is 0. The standard InChI is InChI=1S/C12H24/c1-7-10(3)11(4)9-12(5,6)8-2/h10H,4,7-9H2,1-3,5-6H3. The van der Waals surface area contributed by atoms with Crippen LogP contribution < -0.4 is 0 Å². The van der Waals surface area contributed by atoms with Gasteiger partial charge in [-0.25, -0.2) is 0 Å². The molecule has 0 rings (SSSR count). The zero-order chi connectivity index (χ0) is 9.78. The Bertz CT molecular complexity index is 142. The van der Waals surface area contributed by atoms with Crippen LogP contribution in [0, 0.1) is 11.3 Å². The van der Waals surface area contributed by atoms with E-state index >= 15 is 0 Å². The van der Waals surface area contributed by atoms with Gasteiger partial charge in [-0.15, -0.1) is 0 Å². The summed E-state index contributed by atoms with van der Waals surface area (Å²) in [4.78, 5) is 0. The predicted molar refractivity (Wildman–Crippen MR) is 57.3 cm³/mol. The maximum atomic E-state index is 4.16. The third-order valence-corrected chi connectivity index (χ3v) is 2.97. The van der Waals surface area contributed by atoms with Crippen molar-refractivity contribution in [1.29, 1.82) is 0 Å². The van der Waals surface area contributed by atoms with Gasteiger partial charge in [0.15, 0.2) is 0 Å². The Balaban J connectivity index is 4.00. The second-order valence-corrected chi connectivity index (χ2v) is 4.66. The second-order valence-electron chi connectivity index (χ2n) is 4.66. The Morgan fingerprint density at radius 2 is 1.83 bits per heavy atom. The molecule has 0 radical (unpaired) electrons. The van der Waals surface area contributed by atoms with Crippen LogP contribution in [0.25, 0.3) is 0 Å². The maximum Gasteiger partial charge on any atom is -0.0237 e. The molecule has 1 atom stereocenters. The van der Waals surface area contributed by atoms with Crippen LogP contribution in [-0.2, 0) is 0 Å². The van der Waals surface area contributed by atoms with Gasteiger partial charge in [0.2, 0.25) is 0 Å². The summed E-state index contributed by atoms with van der Waals surface area (Å²) in [6, 6.07) is 0. The molecule has 0 spiro atoms. The smallest absolute Gasteiger partial charge is 0.0237 e. The molecule has 12 heavy (non-hydrogen) atoms. The van der Waals surface area contributed by atoms with E-state index in [4.69, 9.17) is 0 Å². The minimum absolute atomic E-state index is 0.445. The van der Waals surface area contributed by atoms with Gasteiger partial charge in [0.05, 0.1) is 0 Å². The molecule has 0 aliphatic heterocycles. The summed E-state index contributed by atoms with van der Waals surface area (Å²) in [5, 5.41) is 0. The molecular weight excluding hydrogens is 144 g/mol. The summed E-state index contributed by atoms with van der Waals surface area (Å²) in [5.74, 6) is 0.691. The van der Waals surface area contributed by atoms with Crippen molar-refractivity contribution in [1.82, 2.24) is 0 Å². The quantitative estimate of drug-likeness (QED) is 0.533. The van der Waals surface area contributed by atoms with Gasteiger partial charge in [0, 0.05) is 0 Å². The molecule has 0 N–H and O–H groups in total. The Morgan fingerprint density at radius 3 is 2.17 bits per heavy atom. The highest BCUT2D eigenvalue weighted by Gasteiger charge is 2.18. The third kappa shape index (κ3) is 3.94. The molecule has 72 valence electrons. The molecule has 0 saturated heterocycles. The molecule has 0 fully saturated rings. The van der Waals surface area contributed by atoms with E-state index in [9.17, 15) is 0 Å². The van der Waals surface area contributed by atoms with E-state index in [-0.39, 0.29) is 0 Å². The van der Waals surface area contributed by atoms with Crippen LogP contribution in [0.15, 0.2) is 12.2 Å². The monoisotopic (exact) mass is 168 g/mol. The fourth-order valence-corrected chi connectivity index (χ4v) is 1.20. The fraction of sp³-hybridized carbons (Fsp3) is 0.833. The van der Waals surface area contributed by atoms with Crippen LogP contribution >= 0.6 is 0 Å². The first-order valence-electron chi connectivity index (χ1n) is 5.10. The zero-order valence-electron chi connectivity index (χ0n) is 9.41. The summed E-state index contributed by atoms with van der Waals surface area (Å²) in [6.45, 7) is 15.6. The van der Waals surface area contributed by atoms with E-state index in [1.54, 1.807) is 0 Å². The number of allylic oxidation sites excluding steroid dienone is 1. The van der Waals surface area contributed by atoms with Gasteiger partial charge in [-0.1, -0.05) is 53.2 Å². The van der Waals surface area contributed by atoms with Crippen molar-refractivity contribution >= 4 is 0 Å². The molecule has 0 aromatic rings. The second kappa shape index (κ2) is 4.69. The molecule has 0 bridgehead atoms. The Labute approximate surface area is 78.1 Å². The first-order chi connectivity index (χ1) is 5.43. The molecule has 1 unspecified atom stereocenters. The van der Waals surface area contributed by atoms with Gasteiger partial charge in [0.25, 0.3) is 0 Å². The number of hydrogen-bond acceptors (Lipinski definition) is 0. The maximum absolute atomic E-state index is 4.16. The molecule has 0 heterocycles. The normalized spacial score (nSPS) is 14.4. The Kier molecular flexibility index (Phi) is 4.59. The Hall–Kier alpha value is -0.260. The largest absolute Gasteiger partial charge is 0.0996 e. The van der Waals surface area contributed by atoms with E-state index in [1.807, 2.05) is 0 Å². The van der Waals surface area contributed by atoms with Crippen LogP contribution in [0.5, 0.6) is 0 Å². The van der Waals surface area contributed by atoms with Crippen LogP contribution in [0.4, 0.5) is 0 Å². The molecule has 0 aromatic carbocycles. The Morgan fingerprint density at radius 1 is 1.33 bits per heavy atom. The van der Waals surface area contributed by atoms with Crippen molar-refractivity contribution in [2.45, 2.75) is 53.9 Å². The van der Waals surface area contributed by atoms with E-state index in [0.29, 0.717) is 11.3 Å². The number of hydrogen-bond donors (Lipinski definition) is 0. The average molecular weight is 168 g/mol. The van der Waals surface area contributed by atoms with E-state index in [1.165, 1.54) is 24.8 Å².